The molecule has 0 bridgehead atoms. The Bertz CT molecular complexity index is 362. The highest BCUT2D eigenvalue weighted by atomic mass is 32.2. The van der Waals surface area contributed by atoms with Crippen LogP contribution in [0.25, 0.3) is 0 Å². The van der Waals surface area contributed by atoms with Crippen LogP contribution in [0.5, 0.6) is 0 Å². The Hall–Kier alpha value is -1.04. The molecule has 2 N–H and O–H groups in total. The smallest absolute Gasteiger partial charge is 0.239 e. The van der Waals surface area contributed by atoms with Crippen molar-refractivity contribution in [2.75, 3.05) is 18.8 Å². The Kier molecular flexibility index (Phi) is 9.33. The Morgan fingerprint density at radius 3 is 2.14 bits per heavy atom. The molecule has 0 heterocycles. The van der Waals surface area contributed by atoms with E-state index in [0.29, 0.717) is 24.6 Å². The summed E-state index contributed by atoms with van der Waals surface area (Å²) < 4.78 is 0. The highest BCUT2D eigenvalue weighted by Gasteiger charge is 2.20. The number of rotatable bonds is 9. The van der Waals surface area contributed by atoms with Gasteiger partial charge < -0.3 is 10.6 Å². The Balaban J connectivity index is 3.71. The van der Waals surface area contributed by atoms with Crippen LogP contribution in [0.15, 0.2) is 0 Å². The molecule has 0 aliphatic heterocycles. The molecule has 21 heavy (non-hydrogen) atoms. The molecule has 0 saturated heterocycles. The maximum Gasteiger partial charge on any atom is 0.239 e. The summed E-state index contributed by atoms with van der Waals surface area (Å²) in [5.74, 6) is 0.480. The maximum absolute atomic E-state index is 11.7. The van der Waals surface area contributed by atoms with Gasteiger partial charge in [0.25, 0.3) is 0 Å². The van der Waals surface area contributed by atoms with Crippen molar-refractivity contribution in [3.05, 3.63) is 0 Å². The molecule has 0 aliphatic carbocycles. The largest absolute Gasteiger partial charge is 0.354 e. The molecule has 122 valence electrons. The Morgan fingerprint density at radius 1 is 1.00 bits per heavy atom. The highest BCUT2D eigenvalue weighted by molar-refractivity contribution is 7.99. The van der Waals surface area contributed by atoms with Gasteiger partial charge in [0, 0.05) is 30.6 Å². The van der Waals surface area contributed by atoms with Gasteiger partial charge in [0.1, 0.15) is 5.78 Å². The molecule has 0 spiro atoms. The average molecular weight is 316 g/mol. The summed E-state index contributed by atoms with van der Waals surface area (Å²) >= 11 is 1.71. The van der Waals surface area contributed by atoms with Gasteiger partial charge >= 0.3 is 0 Å². The fourth-order valence-corrected chi connectivity index (χ4v) is 2.18. The van der Waals surface area contributed by atoms with Gasteiger partial charge in [0.15, 0.2) is 0 Å². The van der Waals surface area contributed by atoms with E-state index in [9.17, 15) is 14.4 Å². The van der Waals surface area contributed by atoms with Crippen molar-refractivity contribution in [3.8, 4) is 0 Å². The molecule has 0 aromatic heterocycles. The second-order valence-electron chi connectivity index (χ2n) is 6.22. The molecule has 5 nitrogen and oxygen atoms in total. The topological polar surface area (TPSA) is 75.3 Å². The summed E-state index contributed by atoms with van der Waals surface area (Å²) in [4.78, 5) is 34.7. The van der Waals surface area contributed by atoms with Crippen LogP contribution < -0.4 is 10.6 Å². The third-order valence-electron chi connectivity index (χ3n) is 2.74. The van der Waals surface area contributed by atoms with Crippen LogP contribution in [0.3, 0.4) is 0 Å². The number of carbonyl (C=O) groups excluding carboxylic acids is 3. The average Bonchev–Trinajstić information content (AvgIpc) is 2.34. The summed E-state index contributed by atoms with van der Waals surface area (Å²) in [6.07, 6.45) is 0.729. The number of ketones is 1. The maximum atomic E-state index is 11.7. The lowest BCUT2D eigenvalue weighted by molar-refractivity contribution is -0.127. The molecular formula is C15H28N2O3S. The predicted octanol–water partition coefficient (Wildman–Crippen LogP) is 1.76. The van der Waals surface area contributed by atoms with E-state index in [-0.39, 0.29) is 29.6 Å². The lowest BCUT2D eigenvalue weighted by atomic mass is 9.89. The van der Waals surface area contributed by atoms with Crippen LogP contribution >= 0.6 is 11.8 Å². The van der Waals surface area contributed by atoms with E-state index >= 15 is 0 Å². The quantitative estimate of drug-likeness (QED) is 0.679. The molecule has 6 heteroatoms. The molecule has 0 aliphatic rings. The number of carbonyl (C=O) groups is 3. The van der Waals surface area contributed by atoms with E-state index in [4.69, 9.17) is 0 Å². The molecule has 0 atom stereocenters. The third kappa shape index (κ3) is 11.3. The molecule has 0 radical (unpaired) electrons. The first-order valence-corrected chi connectivity index (χ1v) is 8.36. The zero-order valence-electron chi connectivity index (χ0n) is 13.7. The zero-order chi connectivity index (χ0) is 16.5. The van der Waals surface area contributed by atoms with Crippen LogP contribution in [-0.4, -0.2) is 41.7 Å². The van der Waals surface area contributed by atoms with Crippen LogP contribution in [0.1, 0.15) is 47.5 Å². The van der Waals surface area contributed by atoms with Crippen LogP contribution in [0, 0.1) is 5.41 Å². The lowest BCUT2D eigenvalue weighted by Crippen LogP contribution is -2.38. The van der Waals surface area contributed by atoms with Crippen molar-refractivity contribution in [2.45, 2.75) is 52.7 Å². The minimum Gasteiger partial charge on any atom is -0.354 e. The van der Waals surface area contributed by atoms with Gasteiger partial charge in [-0.15, -0.1) is 0 Å². The molecule has 0 fully saturated rings. The summed E-state index contributed by atoms with van der Waals surface area (Å²) in [6.45, 7) is 10.00. The second-order valence-corrected chi connectivity index (χ2v) is 7.90. The first kappa shape index (κ1) is 20.0. The van der Waals surface area contributed by atoms with E-state index in [1.165, 1.54) is 0 Å². The van der Waals surface area contributed by atoms with E-state index in [2.05, 4.69) is 24.5 Å². The number of hydrogen-bond donors (Lipinski definition) is 2. The standard InChI is InChI=1S/C15H28N2O3S/c1-11(2)21-9-7-13(19)17-10-14(20)16-8-6-12(18)15(3,4)5/h11H,6-10H2,1-5H3,(H,16,20)(H,17,19). The number of Topliss-reactive ketones (excluding diaryl/α,β-unsaturated/α-hetero) is 1. The van der Waals surface area contributed by atoms with E-state index < -0.39 is 0 Å². The van der Waals surface area contributed by atoms with Gasteiger partial charge in [-0.3, -0.25) is 14.4 Å². The summed E-state index contributed by atoms with van der Waals surface area (Å²) in [6, 6.07) is 0. The van der Waals surface area contributed by atoms with Crippen molar-refractivity contribution in [2.24, 2.45) is 5.41 Å². The summed E-state index contributed by atoms with van der Waals surface area (Å²) in [7, 11) is 0. The van der Waals surface area contributed by atoms with Crippen molar-refractivity contribution < 1.29 is 14.4 Å². The molecule has 0 rings (SSSR count). The normalized spacial score (nSPS) is 11.3. The lowest BCUT2D eigenvalue weighted by Gasteiger charge is -2.16. The fraction of sp³-hybridized carbons (Fsp3) is 0.800. The molecule has 0 unspecified atom stereocenters. The number of amides is 2. The monoisotopic (exact) mass is 316 g/mol. The molecule has 0 saturated carbocycles. The van der Waals surface area contributed by atoms with Gasteiger partial charge in [-0.05, 0) is 5.25 Å². The van der Waals surface area contributed by atoms with Gasteiger partial charge in [0.2, 0.25) is 11.8 Å². The van der Waals surface area contributed by atoms with E-state index in [1.54, 1.807) is 11.8 Å². The summed E-state index contributed by atoms with van der Waals surface area (Å²) in [5.41, 5.74) is -0.382. The molecular weight excluding hydrogens is 288 g/mol. The molecule has 0 aromatic carbocycles. The number of nitrogens with one attached hydrogen (secondary N) is 2. The molecule has 0 aromatic rings. The first-order chi connectivity index (χ1) is 9.62. The number of hydrogen-bond acceptors (Lipinski definition) is 4. The van der Waals surface area contributed by atoms with Gasteiger partial charge in [-0.1, -0.05) is 34.6 Å². The Morgan fingerprint density at radius 2 is 1.62 bits per heavy atom. The van der Waals surface area contributed by atoms with Crippen LogP contribution in [-0.2, 0) is 14.4 Å². The SMILES string of the molecule is CC(C)SCCC(=O)NCC(=O)NCCC(=O)C(C)(C)C. The Labute approximate surface area is 132 Å². The van der Waals surface area contributed by atoms with Crippen molar-refractivity contribution >= 4 is 29.4 Å². The second kappa shape index (κ2) is 9.82. The first-order valence-electron chi connectivity index (χ1n) is 7.31. The van der Waals surface area contributed by atoms with E-state index in [0.717, 1.165) is 5.75 Å². The summed E-state index contributed by atoms with van der Waals surface area (Å²) in [5, 5.41) is 5.71. The zero-order valence-corrected chi connectivity index (χ0v) is 14.6. The van der Waals surface area contributed by atoms with Crippen LogP contribution in [0.2, 0.25) is 0 Å². The predicted molar refractivity (Wildman–Crippen MR) is 87.3 cm³/mol. The third-order valence-corrected chi connectivity index (χ3v) is 3.84. The minimum absolute atomic E-state index is 0.0329. The fourth-order valence-electron chi connectivity index (χ4n) is 1.41. The van der Waals surface area contributed by atoms with Gasteiger partial charge in [-0.2, -0.15) is 11.8 Å². The van der Waals surface area contributed by atoms with Gasteiger partial charge in [0.05, 0.1) is 6.54 Å². The van der Waals surface area contributed by atoms with E-state index in [1.807, 2.05) is 20.8 Å². The van der Waals surface area contributed by atoms with Crippen molar-refractivity contribution in [3.63, 3.8) is 0 Å². The van der Waals surface area contributed by atoms with Crippen LogP contribution in [0.4, 0.5) is 0 Å². The van der Waals surface area contributed by atoms with Gasteiger partial charge in [-0.25, -0.2) is 0 Å². The molecule has 2 amide bonds. The van der Waals surface area contributed by atoms with Crippen molar-refractivity contribution in [1.82, 2.24) is 10.6 Å². The minimum atomic E-state index is -0.382. The number of thioether (sulfide) groups is 1. The van der Waals surface area contributed by atoms with Crippen molar-refractivity contribution in [1.29, 1.82) is 0 Å². The highest BCUT2D eigenvalue weighted by Crippen LogP contribution is 2.15.